The van der Waals surface area contributed by atoms with E-state index in [9.17, 15) is 9.59 Å². The third-order valence-corrected chi connectivity index (χ3v) is 3.34. The summed E-state index contributed by atoms with van der Waals surface area (Å²) in [6.07, 6.45) is 0. The first-order valence-electron chi connectivity index (χ1n) is 6.62. The summed E-state index contributed by atoms with van der Waals surface area (Å²) >= 11 is 5.80. The van der Waals surface area contributed by atoms with Crippen molar-refractivity contribution in [2.24, 2.45) is 0 Å². The molecule has 0 atom stereocenters. The molecule has 0 aliphatic heterocycles. The topological polar surface area (TPSA) is 63.6 Å². The highest BCUT2D eigenvalue weighted by atomic mass is 35.5. The van der Waals surface area contributed by atoms with Crippen molar-refractivity contribution in [3.05, 3.63) is 64.7 Å². The molecule has 5 heteroatoms. The minimum atomic E-state index is -1.37. The molecule has 4 nitrogen and oxygen atoms in total. The van der Waals surface area contributed by atoms with E-state index in [-0.39, 0.29) is 5.78 Å². The molecule has 0 spiro atoms. The highest BCUT2D eigenvalue weighted by molar-refractivity contribution is 6.30. The number of rotatable bonds is 5. The minimum absolute atomic E-state index is 0.185. The van der Waals surface area contributed by atoms with Crippen LogP contribution in [0.4, 0.5) is 0 Å². The molecule has 0 aromatic heterocycles. The quantitative estimate of drug-likeness (QED) is 0.851. The van der Waals surface area contributed by atoms with Crippen LogP contribution < -0.4 is 4.74 Å². The average molecular weight is 319 g/mol. The predicted octanol–water partition coefficient (Wildman–Crippen LogP) is 3.81. The predicted molar refractivity (Wildman–Crippen MR) is 83.7 cm³/mol. The second-order valence-electron chi connectivity index (χ2n) is 5.28. The molecule has 114 valence electrons. The fourth-order valence-corrected chi connectivity index (χ4v) is 1.93. The van der Waals surface area contributed by atoms with Crippen molar-refractivity contribution in [2.75, 3.05) is 0 Å². The lowest BCUT2D eigenvalue weighted by Gasteiger charge is -2.21. The summed E-state index contributed by atoms with van der Waals surface area (Å²) < 4.78 is 5.44. The maximum atomic E-state index is 12.4. The summed E-state index contributed by atoms with van der Waals surface area (Å²) in [5, 5.41) is 9.63. The molecule has 0 bridgehead atoms. The number of ether oxygens (including phenoxy) is 1. The smallest absolute Gasteiger partial charge is 0.347 e. The van der Waals surface area contributed by atoms with Crippen molar-refractivity contribution in [2.45, 2.75) is 19.4 Å². The minimum Gasteiger partial charge on any atom is -0.478 e. The first-order chi connectivity index (χ1) is 10.3. The first kappa shape index (κ1) is 16.0. The Hall–Kier alpha value is -2.33. The number of halogens is 1. The van der Waals surface area contributed by atoms with Crippen LogP contribution in [0.25, 0.3) is 0 Å². The summed E-state index contributed by atoms with van der Waals surface area (Å²) in [6.45, 7) is 2.89. The summed E-state index contributed by atoms with van der Waals surface area (Å²) in [7, 11) is 0. The molecule has 0 fully saturated rings. The number of carbonyl (C=O) groups is 2. The van der Waals surface area contributed by atoms with E-state index >= 15 is 0 Å². The van der Waals surface area contributed by atoms with Crippen LogP contribution in [0, 0.1) is 0 Å². The van der Waals surface area contributed by atoms with E-state index in [0.29, 0.717) is 21.9 Å². The Morgan fingerprint density at radius 2 is 1.68 bits per heavy atom. The lowest BCUT2D eigenvalue weighted by Crippen LogP contribution is -2.37. The maximum absolute atomic E-state index is 12.4. The molecule has 0 aliphatic carbocycles. The van der Waals surface area contributed by atoms with E-state index in [1.54, 1.807) is 42.5 Å². The summed E-state index contributed by atoms with van der Waals surface area (Å²) in [4.78, 5) is 23.5. The van der Waals surface area contributed by atoms with Gasteiger partial charge in [-0.25, -0.2) is 4.79 Å². The van der Waals surface area contributed by atoms with Gasteiger partial charge in [-0.3, -0.25) is 4.79 Å². The molecule has 22 heavy (non-hydrogen) atoms. The number of carboxylic acid groups (broad SMARTS) is 1. The summed E-state index contributed by atoms with van der Waals surface area (Å²) in [5.41, 5.74) is -0.456. The molecular formula is C17H15ClO4. The van der Waals surface area contributed by atoms with E-state index in [1.165, 1.54) is 19.9 Å². The van der Waals surface area contributed by atoms with Crippen LogP contribution in [0.5, 0.6) is 5.75 Å². The number of carboxylic acids is 1. The van der Waals surface area contributed by atoms with E-state index in [0.717, 1.165) is 0 Å². The van der Waals surface area contributed by atoms with Crippen LogP contribution in [-0.4, -0.2) is 22.5 Å². The molecule has 2 aromatic rings. The standard InChI is InChI=1S/C17H15ClO4/c1-17(2,16(20)21)22-14-5-3-4-12(10-14)15(19)11-6-8-13(18)9-7-11/h3-10H,1-2H3,(H,20,21). The van der Waals surface area contributed by atoms with Crippen LogP contribution in [0.3, 0.4) is 0 Å². The SMILES string of the molecule is CC(C)(Oc1cccc(C(=O)c2ccc(Cl)cc2)c1)C(=O)O. The molecule has 0 heterocycles. The van der Waals surface area contributed by atoms with Crippen molar-refractivity contribution < 1.29 is 19.4 Å². The molecule has 0 amide bonds. The molecule has 1 N–H and O–H groups in total. The third kappa shape index (κ3) is 3.65. The number of hydrogen-bond acceptors (Lipinski definition) is 3. The maximum Gasteiger partial charge on any atom is 0.347 e. The van der Waals surface area contributed by atoms with E-state index in [2.05, 4.69) is 0 Å². The number of ketones is 1. The second-order valence-corrected chi connectivity index (χ2v) is 5.72. The monoisotopic (exact) mass is 318 g/mol. The molecule has 0 saturated heterocycles. The van der Waals surface area contributed by atoms with Gasteiger partial charge in [0.25, 0.3) is 0 Å². The number of hydrogen-bond donors (Lipinski definition) is 1. The van der Waals surface area contributed by atoms with Gasteiger partial charge in [-0.1, -0.05) is 23.7 Å². The largest absolute Gasteiger partial charge is 0.478 e. The van der Waals surface area contributed by atoms with Gasteiger partial charge in [-0.2, -0.15) is 0 Å². The van der Waals surface area contributed by atoms with E-state index < -0.39 is 11.6 Å². The van der Waals surface area contributed by atoms with Gasteiger partial charge in [0.15, 0.2) is 11.4 Å². The van der Waals surface area contributed by atoms with Gasteiger partial charge in [0.1, 0.15) is 5.75 Å². The molecule has 2 aromatic carbocycles. The Balaban J connectivity index is 2.26. The van der Waals surface area contributed by atoms with Gasteiger partial charge >= 0.3 is 5.97 Å². The lowest BCUT2D eigenvalue weighted by molar-refractivity contribution is -0.152. The summed E-state index contributed by atoms with van der Waals surface area (Å²) in [5.74, 6) is -0.940. The fraction of sp³-hybridized carbons (Fsp3) is 0.176. The number of carbonyl (C=O) groups excluding carboxylic acids is 1. The van der Waals surface area contributed by atoms with Crippen molar-refractivity contribution in [1.29, 1.82) is 0 Å². The lowest BCUT2D eigenvalue weighted by atomic mass is 10.0. The van der Waals surface area contributed by atoms with Gasteiger partial charge in [-0.05, 0) is 50.2 Å². The summed E-state index contributed by atoms with van der Waals surface area (Å²) in [6, 6.07) is 13.0. The van der Waals surface area contributed by atoms with Gasteiger partial charge < -0.3 is 9.84 Å². The van der Waals surface area contributed by atoms with Gasteiger partial charge in [0, 0.05) is 16.1 Å². The van der Waals surface area contributed by atoms with Crippen molar-refractivity contribution in [3.63, 3.8) is 0 Å². The zero-order chi connectivity index (χ0) is 16.3. The van der Waals surface area contributed by atoms with Gasteiger partial charge in [0.2, 0.25) is 0 Å². The Morgan fingerprint density at radius 1 is 1.05 bits per heavy atom. The molecule has 0 aliphatic rings. The average Bonchev–Trinajstić information content (AvgIpc) is 2.47. The Kier molecular flexibility index (Phi) is 4.52. The van der Waals surface area contributed by atoms with Crippen LogP contribution in [-0.2, 0) is 4.79 Å². The fourth-order valence-electron chi connectivity index (χ4n) is 1.81. The van der Waals surface area contributed by atoms with Gasteiger partial charge in [-0.15, -0.1) is 0 Å². The molecule has 0 unspecified atom stereocenters. The van der Waals surface area contributed by atoms with E-state index in [1.807, 2.05) is 0 Å². The zero-order valence-corrected chi connectivity index (χ0v) is 12.9. The van der Waals surface area contributed by atoms with Crippen LogP contribution in [0.15, 0.2) is 48.5 Å². The normalized spacial score (nSPS) is 11.0. The van der Waals surface area contributed by atoms with Crippen LogP contribution in [0.1, 0.15) is 29.8 Å². The third-order valence-electron chi connectivity index (χ3n) is 3.09. The number of benzene rings is 2. The molecule has 0 saturated carbocycles. The first-order valence-corrected chi connectivity index (χ1v) is 7.00. The Morgan fingerprint density at radius 3 is 2.27 bits per heavy atom. The van der Waals surface area contributed by atoms with Crippen molar-refractivity contribution in [1.82, 2.24) is 0 Å². The van der Waals surface area contributed by atoms with Crippen LogP contribution >= 0.6 is 11.6 Å². The van der Waals surface area contributed by atoms with Crippen molar-refractivity contribution >= 4 is 23.4 Å². The van der Waals surface area contributed by atoms with E-state index in [4.69, 9.17) is 21.4 Å². The molecule has 2 rings (SSSR count). The molecule has 0 radical (unpaired) electrons. The molecular weight excluding hydrogens is 304 g/mol. The van der Waals surface area contributed by atoms with Crippen molar-refractivity contribution in [3.8, 4) is 5.75 Å². The Labute approximate surface area is 133 Å². The van der Waals surface area contributed by atoms with Gasteiger partial charge in [0.05, 0.1) is 0 Å². The highest BCUT2D eigenvalue weighted by Crippen LogP contribution is 2.22. The van der Waals surface area contributed by atoms with Crippen LogP contribution in [0.2, 0.25) is 5.02 Å². The second kappa shape index (κ2) is 6.20. The highest BCUT2D eigenvalue weighted by Gasteiger charge is 2.29. The Bertz CT molecular complexity index is 705. The number of aliphatic carboxylic acids is 1. The zero-order valence-electron chi connectivity index (χ0n) is 12.2.